The molecule has 2 amide bonds. The summed E-state index contributed by atoms with van der Waals surface area (Å²) in [4.78, 5) is 25.0. The molecule has 3 aromatic carbocycles. The number of aromatic hydroxyl groups is 1. The van der Waals surface area contributed by atoms with E-state index >= 15 is 0 Å². The molecular weight excluding hydrogens is 670 g/mol. The minimum Gasteiger partial charge on any atom is -0.506 e. The minimum atomic E-state index is -0.754. The highest BCUT2D eigenvalue weighted by Crippen LogP contribution is 2.40. The van der Waals surface area contributed by atoms with Crippen LogP contribution in [0.4, 0.5) is 21.9 Å². The van der Waals surface area contributed by atoms with E-state index in [2.05, 4.69) is 58.4 Å². The number of hydrogen-bond acceptors (Lipinski definition) is 5. The SMILES string of the molecule is C[C@@H](CC/C=C/C(=O)Nc1ccccc1N)[C@H](OC(=O)Nc1ccc(Br)cc1)c1cc(Br)cc(Br)c1O. The first kappa shape index (κ1) is 28.7. The van der Waals surface area contributed by atoms with Crippen LogP contribution in [0.5, 0.6) is 5.75 Å². The molecule has 0 spiro atoms. The molecule has 0 saturated carbocycles. The lowest BCUT2D eigenvalue weighted by molar-refractivity contribution is -0.111. The van der Waals surface area contributed by atoms with E-state index in [4.69, 9.17) is 10.5 Å². The molecular formula is C27H26Br3N3O4. The molecule has 0 heterocycles. The molecule has 10 heteroatoms. The fourth-order valence-corrected chi connectivity index (χ4v) is 5.09. The smallest absolute Gasteiger partial charge is 0.412 e. The Morgan fingerprint density at radius 2 is 1.73 bits per heavy atom. The number of benzene rings is 3. The summed E-state index contributed by atoms with van der Waals surface area (Å²) in [7, 11) is 0. The molecule has 0 unspecified atom stereocenters. The van der Waals surface area contributed by atoms with Crippen molar-refractivity contribution in [1.29, 1.82) is 0 Å². The van der Waals surface area contributed by atoms with Crippen molar-refractivity contribution < 1.29 is 19.4 Å². The molecule has 0 aromatic heterocycles. The molecule has 0 aliphatic carbocycles. The highest BCUT2D eigenvalue weighted by Gasteiger charge is 2.27. The number of hydrogen-bond donors (Lipinski definition) is 4. The van der Waals surface area contributed by atoms with Gasteiger partial charge in [0.25, 0.3) is 0 Å². The zero-order chi connectivity index (χ0) is 26.9. The number of halogens is 3. The van der Waals surface area contributed by atoms with Crippen molar-refractivity contribution in [3.05, 3.63) is 91.8 Å². The zero-order valence-electron chi connectivity index (χ0n) is 19.9. The van der Waals surface area contributed by atoms with E-state index in [9.17, 15) is 14.7 Å². The lowest BCUT2D eigenvalue weighted by Crippen LogP contribution is -2.22. The quantitative estimate of drug-likeness (QED) is 0.133. The first-order chi connectivity index (χ1) is 17.6. The van der Waals surface area contributed by atoms with Gasteiger partial charge in [-0.3, -0.25) is 10.1 Å². The van der Waals surface area contributed by atoms with Gasteiger partial charge in [0.05, 0.1) is 15.8 Å². The molecule has 2 atom stereocenters. The fourth-order valence-electron chi connectivity index (χ4n) is 3.57. The van der Waals surface area contributed by atoms with Gasteiger partial charge in [0, 0.05) is 20.2 Å². The summed E-state index contributed by atoms with van der Waals surface area (Å²) >= 11 is 10.1. The van der Waals surface area contributed by atoms with Gasteiger partial charge in [-0.05, 0) is 89.3 Å². The number of nitrogens with one attached hydrogen (secondary N) is 2. The number of rotatable bonds is 9. The van der Waals surface area contributed by atoms with E-state index in [0.29, 0.717) is 39.9 Å². The highest BCUT2D eigenvalue weighted by molar-refractivity contribution is 9.11. The highest BCUT2D eigenvalue weighted by atomic mass is 79.9. The molecule has 0 saturated heterocycles. The second kappa shape index (κ2) is 13.6. The van der Waals surface area contributed by atoms with Crippen molar-refractivity contribution in [2.75, 3.05) is 16.4 Å². The van der Waals surface area contributed by atoms with Crippen LogP contribution in [0, 0.1) is 5.92 Å². The topological polar surface area (TPSA) is 114 Å². The normalized spacial score (nSPS) is 12.6. The Morgan fingerprint density at radius 3 is 2.43 bits per heavy atom. The number of carbonyl (C=O) groups is 2. The standard InChI is InChI=1S/C27H26Br3N3O4/c1-16(6-2-5-9-24(34)33-23-8-4-3-7-22(23)31)26(20-14-18(29)15-21(30)25(20)35)37-27(36)32-19-12-10-17(28)11-13-19/h3-5,7-16,26,35H,2,6,31H2,1H3,(H,32,36)(H,33,34)/b9-5+/t16-,26-/m0/s1. The van der Waals surface area contributed by atoms with Gasteiger partial charge < -0.3 is 20.9 Å². The maximum atomic E-state index is 12.8. The summed E-state index contributed by atoms with van der Waals surface area (Å²) in [6.45, 7) is 1.92. The second-order valence-corrected chi connectivity index (χ2v) is 11.0. The van der Waals surface area contributed by atoms with Gasteiger partial charge in [-0.15, -0.1) is 0 Å². The third kappa shape index (κ3) is 8.62. The Balaban J connectivity index is 1.69. The van der Waals surface area contributed by atoms with Crippen molar-refractivity contribution in [2.24, 2.45) is 5.92 Å². The van der Waals surface area contributed by atoms with E-state index < -0.39 is 12.2 Å². The maximum absolute atomic E-state index is 12.8. The van der Waals surface area contributed by atoms with Crippen LogP contribution in [0.2, 0.25) is 0 Å². The molecule has 0 radical (unpaired) electrons. The zero-order valence-corrected chi connectivity index (χ0v) is 24.6. The average Bonchev–Trinajstić information content (AvgIpc) is 2.85. The lowest BCUT2D eigenvalue weighted by Gasteiger charge is -2.26. The Bertz CT molecular complexity index is 1280. The van der Waals surface area contributed by atoms with Gasteiger partial charge in [-0.25, -0.2) is 4.79 Å². The Morgan fingerprint density at radius 1 is 1.03 bits per heavy atom. The number of anilines is 3. The van der Waals surface area contributed by atoms with Gasteiger partial charge in [0.15, 0.2) is 0 Å². The number of amides is 2. The molecule has 3 aromatic rings. The van der Waals surface area contributed by atoms with Crippen LogP contribution in [0.25, 0.3) is 0 Å². The van der Waals surface area contributed by atoms with E-state index in [1.807, 2.05) is 19.1 Å². The fraction of sp³-hybridized carbons (Fsp3) is 0.185. The molecule has 0 fully saturated rings. The van der Waals surface area contributed by atoms with E-state index in [1.54, 1.807) is 54.6 Å². The largest absolute Gasteiger partial charge is 0.506 e. The number of phenols is 1. The predicted octanol–water partition coefficient (Wildman–Crippen LogP) is 8.16. The van der Waals surface area contributed by atoms with Gasteiger partial charge in [0.1, 0.15) is 11.9 Å². The van der Waals surface area contributed by atoms with Crippen LogP contribution in [-0.2, 0) is 9.53 Å². The monoisotopic (exact) mass is 693 g/mol. The molecule has 7 nitrogen and oxygen atoms in total. The van der Waals surface area contributed by atoms with Crippen molar-refractivity contribution in [3.8, 4) is 5.75 Å². The van der Waals surface area contributed by atoms with Crippen molar-refractivity contribution in [1.82, 2.24) is 0 Å². The Hall–Kier alpha value is -2.82. The summed E-state index contributed by atoms with van der Waals surface area (Å²) in [6, 6.07) is 17.6. The Kier molecular flexibility index (Phi) is 10.6. The van der Waals surface area contributed by atoms with E-state index in [0.717, 1.165) is 8.95 Å². The predicted molar refractivity (Wildman–Crippen MR) is 158 cm³/mol. The third-order valence-corrected chi connectivity index (χ3v) is 7.07. The summed E-state index contributed by atoms with van der Waals surface area (Å²) in [5, 5.41) is 16.2. The first-order valence-electron chi connectivity index (χ1n) is 11.4. The molecule has 0 aliphatic rings. The summed E-state index contributed by atoms with van der Waals surface area (Å²) in [5.41, 5.74) is 7.93. The number of phenolic OH excluding ortho intramolecular Hbond substituents is 1. The Labute approximate surface area is 240 Å². The summed E-state index contributed by atoms with van der Waals surface area (Å²) in [6.07, 6.45) is 2.92. The third-order valence-electron chi connectivity index (χ3n) is 5.48. The first-order valence-corrected chi connectivity index (χ1v) is 13.7. The number of ether oxygens (including phenoxy) is 1. The summed E-state index contributed by atoms with van der Waals surface area (Å²) in [5.74, 6) is -0.493. The van der Waals surface area contributed by atoms with E-state index in [-0.39, 0.29) is 17.6 Å². The van der Waals surface area contributed by atoms with Crippen LogP contribution < -0.4 is 16.4 Å². The minimum absolute atomic E-state index is 0.00754. The maximum Gasteiger partial charge on any atom is 0.412 e. The van der Waals surface area contributed by atoms with Crippen LogP contribution in [0.1, 0.15) is 31.4 Å². The molecule has 0 bridgehead atoms. The molecule has 37 heavy (non-hydrogen) atoms. The molecule has 3 rings (SSSR count). The number of para-hydroxylation sites is 2. The number of allylic oxidation sites excluding steroid dienone is 1. The molecule has 194 valence electrons. The summed E-state index contributed by atoms with van der Waals surface area (Å²) < 4.78 is 7.89. The number of carbonyl (C=O) groups excluding carboxylic acids is 2. The van der Waals surface area contributed by atoms with Gasteiger partial charge in [-0.2, -0.15) is 0 Å². The van der Waals surface area contributed by atoms with Crippen molar-refractivity contribution in [2.45, 2.75) is 25.9 Å². The molecule has 5 N–H and O–H groups in total. The van der Waals surface area contributed by atoms with Crippen LogP contribution in [0.15, 0.2) is 86.2 Å². The van der Waals surface area contributed by atoms with Gasteiger partial charge >= 0.3 is 6.09 Å². The van der Waals surface area contributed by atoms with E-state index in [1.165, 1.54) is 6.08 Å². The second-order valence-electron chi connectivity index (χ2n) is 8.32. The van der Waals surface area contributed by atoms with Gasteiger partial charge in [0.2, 0.25) is 5.91 Å². The van der Waals surface area contributed by atoms with Crippen molar-refractivity contribution >= 4 is 76.9 Å². The molecule has 0 aliphatic heterocycles. The van der Waals surface area contributed by atoms with Crippen LogP contribution in [-0.4, -0.2) is 17.1 Å². The van der Waals surface area contributed by atoms with Crippen LogP contribution in [0.3, 0.4) is 0 Å². The van der Waals surface area contributed by atoms with Crippen LogP contribution >= 0.6 is 47.8 Å². The van der Waals surface area contributed by atoms with Crippen molar-refractivity contribution in [3.63, 3.8) is 0 Å². The average molecular weight is 696 g/mol. The number of nitrogens with two attached hydrogens (primary N) is 1. The number of nitrogen functional groups attached to an aromatic ring is 1. The van der Waals surface area contributed by atoms with Gasteiger partial charge in [-0.1, -0.05) is 57.0 Å². The lowest BCUT2D eigenvalue weighted by atomic mass is 9.92.